The first-order valence-corrected chi connectivity index (χ1v) is 12.8. The summed E-state index contributed by atoms with van der Waals surface area (Å²) in [7, 11) is -4.05. The van der Waals surface area contributed by atoms with Crippen molar-refractivity contribution in [1.29, 1.82) is 0 Å². The fourth-order valence-corrected chi connectivity index (χ4v) is 4.89. The van der Waals surface area contributed by atoms with E-state index < -0.39 is 15.9 Å². The predicted octanol–water partition coefficient (Wildman–Crippen LogP) is 5.92. The highest BCUT2D eigenvalue weighted by molar-refractivity contribution is 7.93. The van der Waals surface area contributed by atoms with Crippen molar-refractivity contribution in [3.63, 3.8) is 0 Å². The summed E-state index contributed by atoms with van der Waals surface area (Å²) in [4.78, 5) is 13.3. The van der Waals surface area contributed by atoms with Crippen LogP contribution in [0.5, 0.6) is 5.75 Å². The third-order valence-electron chi connectivity index (χ3n) is 5.32. The number of benzene rings is 3. The predicted molar refractivity (Wildman–Crippen MR) is 132 cm³/mol. The Hall–Kier alpha value is -3.12. The average molecular weight is 466 g/mol. The first-order chi connectivity index (χ1) is 15.9. The smallest absolute Gasteiger partial charge is 0.270 e. The Bertz CT molecular complexity index is 1130. The van der Waals surface area contributed by atoms with Crippen molar-refractivity contribution in [2.45, 2.75) is 50.8 Å². The van der Waals surface area contributed by atoms with Gasteiger partial charge in [-0.15, -0.1) is 0 Å². The second-order valence-electron chi connectivity index (χ2n) is 8.01. The van der Waals surface area contributed by atoms with Crippen LogP contribution in [0, 0.1) is 6.92 Å². The summed E-state index contributed by atoms with van der Waals surface area (Å²) in [5, 5.41) is 0. The molecule has 0 spiro atoms. The molecule has 3 aromatic rings. The summed E-state index contributed by atoms with van der Waals surface area (Å²) in [6.07, 6.45) is 3.52. The molecule has 0 aliphatic rings. The van der Waals surface area contributed by atoms with E-state index in [2.05, 4.69) is 6.92 Å². The van der Waals surface area contributed by atoms with Crippen LogP contribution in [0.25, 0.3) is 0 Å². The van der Waals surface area contributed by atoms with Crippen LogP contribution >= 0.6 is 0 Å². The zero-order valence-corrected chi connectivity index (χ0v) is 20.1. The van der Waals surface area contributed by atoms with Crippen LogP contribution in [0.1, 0.15) is 43.7 Å². The van der Waals surface area contributed by atoms with Crippen LogP contribution in [-0.2, 0) is 21.2 Å². The van der Waals surface area contributed by atoms with Gasteiger partial charge >= 0.3 is 0 Å². The Balaban J connectivity index is 1.80. The minimum atomic E-state index is -4.05. The molecule has 0 saturated carbocycles. The topological polar surface area (TPSA) is 63.7 Å². The highest BCUT2D eigenvalue weighted by atomic mass is 32.2. The van der Waals surface area contributed by atoms with E-state index in [4.69, 9.17) is 4.74 Å². The van der Waals surface area contributed by atoms with E-state index >= 15 is 0 Å². The molecule has 0 radical (unpaired) electrons. The first-order valence-electron chi connectivity index (χ1n) is 11.3. The number of carbonyl (C=O) groups is 1. The lowest BCUT2D eigenvalue weighted by molar-refractivity contribution is -0.117. The lowest BCUT2D eigenvalue weighted by Gasteiger charge is -2.23. The van der Waals surface area contributed by atoms with E-state index in [-0.39, 0.29) is 11.3 Å². The van der Waals surface area contributed by atoms with Gasteiger partial charge in [-0.25, -0.2) is 12.7 Å². The van der Waals surface area contributed by atoms with Crippen LogP contribution in [0.3, 0.4) is 0 Å². The number of amides is 1. The molecular formula is C27H31NO4S. The van der Waals surface area contributed by atoms with E-state index in [1.807, 2.05) is 49.4 Å². The van der Waals surface area contributed by atoms with Gasteiger partial charge in [-0.2, -0.15) is 0 Å². The molecule has 1 amide bonds. The standard InChI is InChI=1S/C27H31NO4S/c1-3-4-9-23-15-17-24(18-16-23)28(33(30,31)26-19-13-22(2)14-20-26)27(29)12-8-21-32-25-10-6-5-7-11-25/h5-7,10-11,13-20H,3-4,8-9,12,21H2,1-2H3. The van der Waals surface area contributed by atoms with Gasteiger partial charge in [0.2, 0.25) is 5.91 Å². The summed E-state index contributed by atoms with van der Waals surface area (Å²) in [5.41, 5.74) is 2.42. The maximum atomic E-state index is 13.5. The first kappa shape index (κ1) is 24.5. The molecule has 0 aliphatic heterocycles. The Morgan fingerprint density at radius 2 is 1.55 bits per heavy atom. The maximum absolute atomic E-state index is 13.5. The van der Waals surface area contributed by atoms with Crippen molar-refractivity contribution >= 4 is 21.6 Å². The van der Waals surface area contributed by atoms with Crippen LogP contribution in [0.2, 0.25) is 0 Å². The van der Waals surface area contributed by atoms with Gasteiger partial charge < -0.3 is 4.74 Å². The minimum absolute atomic E-state index is 0.0511. The molecule has 0 bridgehead atoms. The average Bonchev–Trinajstić information content (AvgIpc) is 2.82. The zero-order valence-electron chi connectivity index (χ0n) is 19.2. The number of nitrogens with zero attached hydrogens (tertiary/aromatic N) is 1. The SMILES string of the molecule is CCCCc1ccc(N(C(=O)CCCOc2ccccc2)S(=O)(=O)c2ccc(C)cc2)cc1. The van der Waals surface area contributed by atoms with Crippen LogP contribution in [-0.4, -0.2) is 20.9 Å². The number of carbonyl (C=O) groups excluding carboxylic acids is 1. The number of anilines is 1. The molecule has 6 heteroatoms. The van der Waals surface area contributed by atoms with Gasteiger partial charge in [0.1, 0.15) is 5.75 Å². The van der Waals surface area contributed by atoms with Gasteiger partial charge in [-0.05, 0) is 68.1 Å². The molecule has 0 aliphatic carbocycles. The van der Waals surface area contributed by atoms with Gasteiger partial charge in [0.05, 0.1) is 17.2 Å². The van der Waals surface area contributed by atoms with E-state index in [9.17, 15) is 13.2 Å². The van der Waals surface area contributed by atoms with Crippen molar-refractivity contribution in [3.8, 4) is 5.75 Å². The molecule has 3 aromatic carbocycles. The molecular weight excluding hydrogens is 434 g/mol. The van der Waals surface area contributed by atoms with Gasteiger partial charge in [-0.1, -0.05) is 61.4 Å². The second kappa shape index (κ2) is 11.7. The molecule has 174 valence electrons. The summed E-state index contributed by atoms with van der Waals surface area (Å²) in [6, 6.07) is 23.1. The molecule has 3 rings (SSSR count). The third kappa shape index (κ3) is 6.68. The van der Waals surface area contributed by atoms with Gasteiger partial charge in [0.25, 0.3) is 10.0 Å². The number of sulfonamides is 1. The van der Waals surface area contributed by atoms with Crippen LogP contribution < -0.4 is 9.04 Å². The number of ether oxygens (including phenoxy) is 1. The summed E-state index contributed by atoms with van der Waals surface area (Å²) in [5.74, 6) is 0.241. The molecule has 0 N–H and O–H groups in total. The molecule has 0 heterocycles. The Labute approximate surface area is 197 Å². The Kier molecular flexibility index (Phi) is 8.66. The molecule has 5 nitrogen and oxygen atoms in total. The number of para-hydroxylation sites is 1. The number of rotatable bonds is 11. The van der Waals surface area contributed by atoms with Gasteiger partial charge in [0.15, 0.2) is 0 Å². The Morgan fingerprint density at radius 1 is 0.879 bits per heavy atom. The second-order valence-corrected chi connectivity index (χ2v) is 9.80. The summed E-state index contributed by atoms with van der Waals surface area (Å²) in [6.45, 7) is 4.34. The lowest BCUT2D eigenvalue weighted by Crippen LogP contribution is -2.37. The van der Waals surface area contributed by atoms with Gasteiger partial charge in [0, 0.05) is 6.42 Å². The van der Waals surface area contributed by atoms with Crippen LogP contribution in [0.4, 0.5) is 5.69 Å². The number of aryl methyl sites for hydroxylation is 2. The summed E-state index contributed by atoms with van der Waals surface area (Å²) < 4.78 is 33.5. The van der Waals surface area contributed by atoms with E-state index in [0.717, 1.165) is 40.4 Å². The van der Waals surface area contributed by atoms with Crippen molar-refractivity contribution < 1.29 is 17.9 Å². The van der Waals surface area contributed by atoms with Crippen molar-refractivity contribution in [1.82, 2.24) is 0 Å². The Morgan fingerprint density at radius 3 is 2.18 bits per heavy atom. The highest BCUT2D eigenvalue weighted by Gasteiger charge is 2.30. The normalized spacial score (nSPS) is 11.2. The number of hydrogen-bond donors (Lipinski definition) is 0. The quantitative estimate of drug-likeness (QED) is 0.330. The molecule has 0 unspecified atom stereocenters. The fourth-order valence-electron chi connectivity index (χ4n) is 3.44. The van der Waals surface area contributed by atoms with E-state index in [0.29, 0.717) is 18.7 Å². The van der Waals surface area contributed by atoms with Gasteiger partial charge in [-0.3, -0.25) is 4.79 Å². The van der Waals surface area contributed by atoms with Crippen molar-refractivity contribution in [2.75, 3.05) is 10.9 Å². The van der Waals surface area contributed by atoms with Crippen molar-refractivity contribution in [2.24, 2.45) is 0 Å². The summed E-state index contributed by atoms with van der Waals surface area (Å²) >= 11 is 0. The molecule has 0 saturated heterocycles. The highest BCUT2D eigenvalue weighted by Crippen LogP contribution is 2.26. The fraction of sp³-hybridized carbons (Fsp3) is 0.296. The third-order valence-corrected chi connectivity index (χ3v) is 7.09. The minimum Gasteiger partial charge on any atom is -0.494 e. The van der Waals surface area contributed by atoms with E-state index in [1.54, 1.807) is 36.4 Å². The molecule has 0 atom stereocenters. The number of hydrogen-bond acceptors (Lipinski definition) is 4. The largest absolute Gasteiger partial charge is 0.494 e. The monoisotopic (exact) mass is 465 g/mol. The molecule has 33 heavy (non-hydrogen) atoms. The van der Waals surface area contributed by atoms with Crippen LogP contribution in [0.15, 0.2) is 83.8 Å². The number of unbranched alkanes of at least 4 members (excludes halogenated alkanes) is 1. The zero-order chi connectivity index (χ0) is 23.7. The van der Waals surface area contributed by atoms with E-state index in [1.165, 1.54) is 0 Å². The lowest BCUT2D eigenvalue weighted by atomic mass is 10.1. The maximum Gasteiger partial charge on any atom is 0.270 e. The van der Waals surface area contributed by atoms with Crippen molar-refractivity contribution in [3.05, 3.63) is 90.0 Å². The molecule has 0 fully saturated rings. The molecule has 0 aromatic heterocycles.